The number of aliphatic hydroxyl groups is 1. The number of aliphatic hydroxyl groups excluding tert-OH is 1. The zero-order valence-corrected chi connectivity index (χ0v) is 12.9. The van der Waals surface area contributed by atoms with Crippen molar-refractivity contribution in [3.8, 4) is 0 Å². The standard InChI is InChI=1S/C16H22F2N2O2/c1-3-14(12-5-4-11(17)8-13(12)18)19-16(22)20-7-6-10(2)15(21)9-20/h4-5,8,10,14-15,21H,3,6-7,9H2,1-2H3,(H,19,22). The number of hydrogen-bond acceptors (Lipinski definition) is 2. The van der Waals surface area contributed by atoms with Crippen LogP contribution >= 0.6 is 0 Å². The van der Waals surface area contributed by atoms with E-state index in [2.05, 4.69) is 5.32 Å². The van der Waals surface area contributed by atoms with E-state index in [1.807, 2.05) is 13.8 Å². The van der Waals surface area contributed by atoms with Gasteiger partial charge in [-0.1, -0.05) is 19.9 Å². The minimum atomic E-state index is -0.667. The van der Waals surface area contributed by atoms with E-state index >= 15 is 0 Å². The highest BCUT2D eigenvalue weighted by atomic mass is 19.1. The van der Waals surface area contributed by atoms with Crippen LogP contribution in [0.3, 0.4) is 0 Å². The molecule has 0 saturated carbocycles. The number of halogens is 2. The number of likely N-dealkylation sites (tertiary alicyclic amines) is 1. The van der Waals surface area contributed by atoms with Crippen molar-refractivity contribution in [1.82, 2.24) is 10.2 Å². The summed E-state index contributed by atoms with van der Waals surface area (Å²) in [4.78, 5) is 13.8. The van der Waals surface area contributed by atoms with Gasteiger partial charge in [0.15, 0.2) is 0 Å². The average Bonchev–Trinajstić information content (AvgIpc) is 2.48. The molecular formula is C16H22F2N2O2. The van der Waals surface area contributed by atoms with E-state index in [0.29, 0.717) is 13.0 Å². The van der Waals surface area contributed by atoms with E-state index in [9.17, 15) is 18.7 Å². The van der Waals surface area contributed by atoms with Crippen molar-refractivity contribution in [3.05, 3.63) is 35.4 Å². The minimum Gasteiger partial charge on any atom is -0.391 e. The van der Waals surface area contributed by atoms with E-state index in [0.717, 1.165) is 12.5 Å². The Balaban J connectivity index is 2.05. The molecule has 1 aliphatic rings. The smallest absolute Gasteiger partial charge is 0.317 e. The third-order valence-electron chi connectivity index (χ3n) is 4.25. The maximum Gasteiger partial charge on any atom is 0.317 e. The number of rotatable bonds is 3. The lowest BCUT2D eigenvalue weighted by Gasteiger charge is -2.35. The molecule has 22 heavy (non-hydrogen) atoms. The Labute approximate surface area is 129 Å². The second-order valence-corrected chi connectivity index (χ2v) is 5.86. The van der Waals surface area contributed by atoms with Crippen LogP contribution < -0.4 is 5.32 Å². The number of β-amino-alcohol motifs (C(OH)–C–C–N with tert-alkyl or cyclic N) is 1. The second-order valence-electron chi connectivity index (χ2n) is 5.86. The highest BCUT2D eigenvalue weighted by Gasteiger charge is 2.28. The predicted octanol–water partition coefficient (Wildman–Crippen LogP) is 2.83. The van der Waals surface area contributed by atoms with Gasteiger partial charge >= 0.3 is 6.03 Å². The number of urea groups is 1. The molecule has 0 aliphatic carbocycles. The Kier molecular flexibility index (Phi) is 5.34. The first kappa shape index (κ1) is 16.7. The molecule has 0 spiro atoms. The number of piperidine rings is 1. The second kappa shape index (κ2) is 7.05. The molecule has 6 heteroatoms. The van der Waals surface area contributed by atoms with Gasteiger partial charge in [0.05, 0.1) is 12.1 Å². The van der Waals surface area contributed by atoms with Crippen LogP contribution in [0.1, 0.15) is 38.3 Å². The number of carbonyl (C=O) groups is 1. The number of nitrogens with zero attached hydrogens (tertiary/aromatic N) is 1. The lowest BCUT2D eigenvalue weighted by molar-refractivity contribution is 0.0429. The molecule has 0 bridgehead atoms. The molecule has 1 fully saturated rings. The fourth-order valence-corrected chi connectivity index (χ4v) is 2.66. The van der Waals surface area contributed by atoms with Gasteiger partial charge in [0.2, 0.25) is 0 Å². The highest BCUT2D eigenvalue weighted by Crippen LogP contribution is 2.22. The molecule has 3 unspecified atom stereocenters. The molecule has 3 atom stereocenters. The largest absolute Gasteiger partial charge is 0.391 e. The van der Waals surface area contributed by atoms with Crippen LogP contribution in [-0.4, -0.2) is 35.2 Å². The first-order chi connectivity index (χ1) is 10.4. The summed E-state index contributed by atoms with van der Waals surface area (Å²) in [5, 5.41) is 12.6. The fraction of sp³-hybridized carbons (Fsp3) is 0.562. The van der Waals surface area contributed by atoms with Gasteiger partial charge in [-0.05, 0) is 24.8 Å². The Morgan fingerprint density at radius 2 is 2.23 bits per heavy atom. The van der Waals surface area contributed by atoms with Crippen molar-refractivity contribution in [2.24, 2.45) is 5.92 Å². The molecule has 4 nitrogen and oxygen atoms in total. The number of hydrogen-bond donors (Lipinski definition) is 2. The van der Waals surface area contributed by atoms with Crippen molar-refractivity contribution < 1.29 is 18.7 Å². The van der Waals surface area contributed by atoms with Crippen LogP contribution in [0.15, 0.2) is 18.2 Å². The summed E-state index contributed by atoms with van der Waals surface area (Å²) < 4.78 is 26.8. The number of carbonyl (C=O) groups excluding carboxylic acids is 1. The molecule has 2 rings (SSSR count). The number of benzene rings is 1. The normalized spacial score (nSPS) is 23.2. The summed E-state index contributed by atoms with van der Waals surface area (Å²) in [6, 6.07) is 2.49. The topological polar surface area (TPSA) is 52.6 Å². The lowest BCUT2D eigenvalue weighted by atomic mass is 9.96. The van der Waals surface area contributed by atoms with Crippen molar-refractivity contribution in [2.45, 2.75) is 38.8 Å². The van der Waals surface area contributed by atoms with Crippen LogP contribution in [0.2, 0.25) is 0 Å². The van der Waals surface area contributed by atoms with Crippen LogP contribution in [0.25, 0.3) is 0 Å². The van der Waals surface area contributed by atoms with Gasteiger partial charge in [0, 0.05) is 24.7 Å². The Hall–Kier alpha value is -1.69. The quantitative estimate of drug-likeness (QED) is 0.902. The van der Waals surface area contributed by atoms with Crippen molar-refractivity contribution in [3.63, 3.8) is 0 Å². The van der Waals surface area contributed by atoms with Crippen molar-refractivity contribution in [1.29, 1.82) is 0 Å². The summed E-state index contributed by atoms with van der Waals surface area (Å²) in [5.41, 5.74) is 0.267. The zero-order valence-electron chi connectivity index (χ0n) is 12.9. The maximum atomic E-state index is 13.8. The Morgan fingerprint density at radius 1 is 1.50 bits per heavy atom. The molecule has 1 aromatic carbocycles. The van der Waals surface area contributed by atoms with Gasteiger partial charge in [0.25, 0.3) is 0 Å². The predicted molar refractivity (Wildman–Crippen MR) is 79.3 cm³/mol. The third kappa shape index (κ3) is 3.74. The molecule has 2 amide bonds. The van der Waals surface area contributed by atoms with Crippen LogP contribution in [-0.2, 0) is 0 Å². The Morgan fingerprint density at radius 3 is 2.82 bits per heavy atom. The van der Waals surface area contributed by atoms with E-state index in [4.69, 9.17) is 0 Å². The summed E-state index contributed by atoms with van der Waals surface area (Å²) in [5.74, 6) is -1.14. The molecule has 1 aliphatic heterocycles. The molecule has 1 saturated heterocycles. The van der Waals surface area contributed by atoms with Gasteiger partial charge in [-0.25, -0.2) is 13.6 Å². The highest BCUT2D eigenvalue weighted by molar-refractivity contribution is 5.75. The van der Waals surface area contributed by atoms with E-state index in [1.165, 1.54) is 17.0 Å². The molecule has 2 N–H and O–H groups in total. The molecule has 0 radical (unpaired) electrons. The first-order valence-corrected chi connectivity index (χ1v) is 7.60. The van der Waals surface area contributed by atoms with Gasteiger partial charge in [0.1, 0.15) is 11.6 Å². The number of nitrogens with one attached hydrogen (secondary N) is 1. The summed E-state index contributed by atoms with van der Waals surface area (Å²) in [7, 11) is 0. The van der Waals surface area contributed by atoms with Crippen molar-refractivity contribution in [2.75, 3.05) is 13.1 Å². The molecule has 1 heterocycles. The zero-order chi connectivity index (χ0) is 16.3. The van der Waals surface area contributed by atoms with Gasteiger partial charge < -0.3 is 15.3 Å². The summed E-state index contributed by atoms with van der Waals surface area (Å²) >= 11 is 0. The lowest BCUT2D eigenvalue weighted by Crippen LogP contribution is -2.50. The van der Waals surface area contributed by atoms with Crippen molar-refractivity contribution >= 4 is 6.03 Å². The average molecular weight is 312 g/mol. The first-order valence-electron chi connectivity index (χ1n) is 7.60. The van der Waals surface area contributed by atoms with E-state index < -0.39 is 23.8 Å². The van der Waals surface area contributed by atoms with Crippen LogP contribution in [0.5, 0.6) is 0 Å². The van der Waals surface area contributed by atoms with Crippen LogP contribution in [0.4, 0.5) is 13.6 Å². The Bertz CT molecular complexity index is 539. The fourth-order valence-electron chi connectivity index (χ4n) is 2.66. The molecular weight excluding hydrogens is 290 g/mol. The molecule has 1 aromatic rings. The maximum absolute atomic E-state index is 13.8. The van der Waals surface area contributed by atoms with E-state index in [1.54, 1.807) is 0 Å². The van der Waals surface area contributed by atoms with Gasteiger partial charge in [-0.3, -0.25) is 0 Å². The molecule has 122 valence electrons. The SMILES string of the molecule is CCC(NC(=O)N1CCC(C)C(O)C1)c1ccc(F)cc1F. The molecule has 0 aromatic heterocycles. The summed E-state index contributed by atoms with van der Waals surface area (Å²) in [6.07, 6.45) is 0.680. The van der Waals surface area contributed by atoms with E-state index in [-0.39, 0.29) is 24.1 Å². The van der Waals surface area contributed by atoms with Crippen LogP contribution in [0, 0.1) is 17.6 Å². The minimum absolute atomic E-state index is 0.167. The number of amides is 2. The monoisotopic (exact) mass is 312 g/mol. The van der Waals surface area contributed by atoms with Gasteiger partial charge in [-0.15, -0.1) is 0 Å². The third-order valence-corrected chi connectivity index (χ3v) is 4.25. The van der Waals surface area contributed by atoms with Gasteiger partial charge in [-0.2, -0.15) is 0 Å². The summed E-state index contributed by atoms with van der Waals surface area (Å²) in [6.45, 7) is 4.60.